The minimum absolute atomic E-state index is 0.0705. The molecule has 0 radical (unpaired) electrons. The van der Waals surface area contributed by atoms with Crippen LogP contribution >= 0.6 is 0 Å². The number of hydrogen-bond donors (Lipinski definition) is 1. The molecule has 3 rings (SSSR count). The molecule has 1 atom stereocenters. The molecular formula is C27H40N6O3. The van der Waals surface area contributed by atoms with Crippen molar-refractivity contribution in [2.24, 2.45) is 4.99 Å². The van der Waals surface area contributed by atoms with E-state index in [1.165, 1.54) is 0 Å². The van der Waals surface area contributed by atoms with E-state index in [1.54, 1.807) is 23.6 Å². The van der Waals surface area contributed by atoms with Crippen molar-refractivity contribution < 1.29 is 14.3 Å². The van der Waals surface area contributed by atoms with E-state index in [1.807, 2.05) is 21.0 Å². The smallest absolute Gasteiger partial charge is 0.316 e. The molecule has 1 aromatic carbocycles. The van der Waals surface area contributed by atoms with Crippen molar-refractivity contribution in [3.8, 4) is 6.01 Å². The zero-order chi connectivity index (χ0) is 25.9. The average molecular weight is 497 g/mol. The van der Waals surface area contributed by atoms with E-state index in [9.17, 15) is 4.79 Å². The summed E-state index contributed by atoms with van der Waals surface area (Å²) in [5, 5.41) is 3.53. The molecule has 0 aliphatic carbocycles. The number of anilines is 3. The number of ether oxygens (including phenoxy) is 2. The van der Waals surface area contributed by atoms with Gasteiger partial charge < -0.3 is 24.6 Å². The van der Waals surface area contributed by atoms with Crippen molar-refractivity contribution in [1.82, 2.24) is 14.9 Å². The van der Waals surface area contributed by atoms with Gasteiger partial charge in [0.25, 0.3) is 0 Å². The van der Waals surface area contributed by atoms with Gasteiger partial charge in [0, 0.05) is 46.3 Å². The van der Waals surface area contributed by atoms with Crippen LogP contribution in [0, 0.1) is 0 Å². The van der Waals surface area contributed by atoms with E-state index in [0.29, 0.717) is 25.1 Å². The lowest BCUT2D eigenvalue weighted by Gasteiger charge is -2.37. The van der Waals surface area contributed by atoms with Crippen molar-refractivity contribution in [3.63, 3.8) is 0 Å². The Labute approximate surface area is 214 Å². The van der Waals surface area contributed by atoms with Gasteiger partial charge in [0.1, 0.15) is 0 Å². The van der Waals surface area contributed by atoms with Crippen molar-refractivity contribution in [2.75, 3.05) is 50.7 Å². The first-order chi connectivity index (χ1) is 17.4. The highest BCUT2D eigenvalue weighted by atomic mass is 16.5. The number of amides is 1. The van der Waals surface area contributed by atoms with Crippen LogP contribution < -0.4 is 15.0 Å². The summed E-state index contributed by atoms with van der Waals surface area (Å²) in [5.74, 6) is -0.0485. The third kappa shape index (κ3) is 7.65. The van der Waals surface area contributed by atoms with Gasteiger partial charge in [-0.25, -0.2) is 15.0 Å². The van der Waals surface area contributed by atoms with Gasteiger partial charge >= 0.3 is 6.01 Å². The lowest BCUT2D eigenvalue weighted by molar-refractivity contribution is -0.118. The SMILES string of the molecule is CCOc1ncc(Nc2cc([C@H](CC)CC(=O)/N=C/N(C)C)ccc2N(CC)C2CCOCC2)cn1. The van der Waals surface area contributed by atoms with E-state index in [0.717, 1.165) is 61.6 Å². The minimum atomic E-state index is -0.119. The van der Waals surface area contributed by atoms with Crippen LogP contribution in [-0.4, -0.2) is 73.6 Å². The Kier molecular flexibility index (Phi) is 10.5. The summed E-state index contributed by atoms with van der Waals surface area (Å²) in [7, 11) is 3.71. The van der Waals surface area contributed by atoms with Crippen molar-refractivity contribution in [1.29, 1.82) is 0 Å². The van der Waals surface area contributed by atoms with Crippen LogP contribution in [0.4, 0.5) is 17.1 Å². The molecule has 1 aliphatic heterocycles. The Bertz CT molecular complexity index is 990. The minimum Gasteiger partial charge on any atom is -0.464 e. The summed E-state index contributed by atoms with van der Waals surface area (Å²) >= 11 is 0. The molecule has 1 fully saturated rings. The monoisotopic (exact) mass is 496 g/mol. The zero-order valence-corrected chi connectivity index (χ0v) is 22.2. The zero-order valence-electron chi connectivity index (χ0n) is 22.2. The number of hydrogen-bond acceptors (Lipinski definition) is 7. The third-order valence-corrected chi connectivity index (χ3v) is 6.30. The van der Waals surface area contributed by atoms with Crippen LogP contribution in [-0.2, 0) is 9.53 Å². The first-order valence-corrected chi connectivity index (χ1v) is 12.9. The molecule has 0 bridgehead atoms. The molecule has 1 aliphatic rings. The van der Waals surface area contributed by atoms with Gasteiger partial charge in [0.15, 0.2) is 0 Å². The average Bonchev–Trinajstić information content (AvgIpc) is 2.89. The first kappa shape index (κ1) is 27.4. The van der Waals surface area contributed by atoms with E-state index in [4.69, 9.17) is 9.47 Å². The number of carbonyl (C=O) groups is 1. The predicted octanol–water partition coefficient (Wildman–Crippen LogP) is 4.62. The fraction of sp³-hybridized carbons (Fsp3) is 0.556. The largest absolute Gasteiger partial charge is 0.464 e. The van der Waals surface area contributed by atoms with E-state index >= 15 is 0 Å². The molecule has 1 amide bonds. The Morgan fingerprint density at radius 2 is 1.94 bits per heavy atom. The van der Waals surface area contributed by atoms with Crippen LogP contribution in [0.3, 0.4) is 0 Å². The lowest BCUT2D eigenvalue weighted by Crippen LogP contribution is -2.39. The Morgan fingerprint density at radius 3 is 2.56 bits per heavy atom. The number of nitrogens with one attached hydrogen (secondary N) is 1. The van der Waals surface area contributed by atoms with E-state index in [2.05, 4.69) is 57.2 Å². The number of carbonyl (C=O) groups excluding carboxylic acids is 1. The van der Waals surface area contributed by atoms with E-state index < -0.39 is 0 Å². The second kappa shape index (κ2) is 13.8. The van der Waals surface area contributed by atoms with Gasteiger partial charge in [-0.15, -0.1) is 0 Å². The number of aliphatic imine (C=N–C) groups is 1. The second-order valence-electron chi connectivity index (χ2n) is 9.13. The summed E-state index contributed by atoms with van der Waals surface area (Å²) < 4.78 is 11.0. The highest BCUT2D eigenvalue weighted by molar-refractivity contribution is 5.85. The highest BCUT2D eigenvalue weighted by Crippen LogP contribution is 2.36. The maximum absolute atomic E-state index is 12.5. The van der Waals surface area contributed by atoms with Gasteiger partial charge in [0.2, 0.25) is 5.91 Å². The molecule has 196 valence electrons. The normalized spacial score (nSPS) is 15.0. The number of nitrogens with zero attached hydrogens (tertiary/aromatic N) is 5. The van der Waals surface area contributed by atoms with Crippen molar-refractivity contribution in [2.45, 2.75) is 58.4 Å². The molecule has 0 unspecified atom stereocenters. The summed E-state index contributed by atoms with van der Waals surface area (Å²) in [4.78, 5) is 29.4. The first-order valence-electron chi connectivity index (χ1n) is 12.9. The van der Waals surface area contributed by atoms with Crippen molar-refractivity contribution >= 4 is 29.3 Å². The van der Waals surface area contributed by atoms with Gasteiger partial charge in [-0.2, -0.15) is 0 Å². The molecular weight excluding hydrogens is 456 g/mol. The Balaban J connectivity index is 1.93. The Morgan fingerprint density at radius 1 is 1.22 bits per heavy atom. The third-order valence-electron chi connectivity index (χ3n) is 6.30. The van der Waals surface area contributed by atoms with Crippen LogP contribution in [0.25, 0.3) is 0 Å². The summed E-state index contributed by atoms with van der Waals surface area (Å²) in [5.41, 5.74) is 3.97. The predicted molar refractivity (Wildman–Crippen MR) is 145 cm³/mol. The number of rotatable bonds is 12. The maximum atomic E-state index is 12.5. The highest BCUT2D eigenvalue weighted by Gasteiger charge is 2.24. The molecule has 9 nitrogen and oxygen atoms in total. The number of benzene rings is 1. The summed E-state index contributed by atoms with van der Waals surface area (Å²) in [6.45, 7) is 9.16. The molecule has 1 saturated heterocycles. The van der Waals surface area contributed by atoms with Gasteiger partial charge in [-0.1, -0.05) is 13.0 Å². The van der Waals surface area contributed by atoms with Crippen LogP contribution in [0.5, 0.6) is 6.01 Å². The molecule has 36 heavy (non-hydrogen) atoms. The maximum Gasteiger partial charge on any atom is 0.316 e. The summed E-state index contributed by atoms with van der Waals surface area (Å²) in [6, 6.07) is 7.24. The number of aromatic nitrogens is 2. The van der Waals surface area contributed by atoms with Crippen LogP contribution in [0.15, 0.2) is 35.6 Å². The fourth-order valence-corrected chi connectivity index (χ4v) is 4.46. The van der Waals surface area contributed by atoms with Crippen molar-refractivity contribution in [3.05, 3.63) is 36.2 Å². The molecule has 0 spiro atoms. The topological polar surface area (TPSA) is 92.2 Å². The van der Waals surface area contributed by atoms with Crippen LogP contribution in [0.2, 0.25) is 0 Å². The lowest BCUT2D eigenvalue weighted by atomic mass is 9.91. The molecule has 1 aromatic heterocycles. The fourth-order valence-electron chi connectivity index (χ4n) is 4.46. The standard InChI is InChI=1S/C27H40N6O3/c1-6-20(16-26(34)30-19-32(4)5)21-9-10-25(33(7-2)23-11-13-35-14-12-23)24(15-21)31-22-17-28-27(29-18-22)36-8-3/h9-10,15,17-20,23,31H,6-8,11-14,16H2,1-5H3/b30-19+/t20-/m1/s1. The molecule has 1 N–H and O–H groups in total. The second-order valence-corrected chi connectivity index (χ2v) is 9.13. The quantitative estimate of drug-likeness (QED) is 0.336. The van der Waals surface area contributed by atoms with Gasteiger partial charge in [-0.3, -0.25) is 4.79 Å². The van der Waals surface area contributed by atoms with Gasteiger partial charge in [-0.05, 0) is 56.7 Å². The van der Waals surface area contributed by atoms with Gasteiger partial charge in [0.05, 0.1) is 42.4 Å². The molecule has 2 heterocycles. The molecule has 2 aromatic rings. The van der Waals surface area contributed by atoms with E-state index in [-0.39, 0.29) is 11.8 Å². The van der Waals surface area contributed by atoms with Crippen LogP contribution in [0.1, 0.15) is 57.9 Å². The Hall–Kier alpha value is -3.20. The summed E-state index contributed by atoms with van der Waals surface area (Å²) in [6.07, 6.45) is 8.22. The molecule has 0 saturated carbocycles. The molecule has 9 heteroatoms.